The predicted octanol–water partition coefficient (Wildman–Crippen LogP) is 3.14. The standard InChI is InChI=1S/C22H20FN5O2/c23-18-8-6-16(21-25-10-3-11-26-21)20(27-18)22(29)28-15-5-7-17(28)14(12-15)13-30-19-4-1-2-9-24-19/h1-4,6,8-11,14-15,17H,5,7,12-13H2. The van der Waals surface area contributed by atoms with E-state index in [9.17, 15) is 9.18 Å². The maximum atomic E-state index is 14.0. The van der Waals surface area contributed by atoms with Crippen molar-refractivity contribution in [3.63, 3.8) is 0 Å². The first-order chi connectivity index (χ1) is 14.7. The Morgan fingerprint density at radius 2 is 1.90 bits per heavy atom. The van der Waals surface area contributed by atoms with E-state index in [-0.39, 0.29) is 29.6 Å². The number of rotatable bonds is 5. The Labute approximate surface area is 173 Å². The van der Waals surface area contributed by atoms with Crippen molar-refractivity contribution in [3.8, 4) is 17.3 Å². The lowest BCUT2D eigenvalue weighted by Gasteiger charge is -2.25. The van der Waals surface area contributed by atoms with E-state index in [2.05, 4.69) is 19.9 Å². The van der Waals surface area contributed by atoms with Gasteiger partial charge in [0.25, 0.3) is 5.91 Å². The maximum Gasteiger partial charge on any atom is 0.273 e. The number of halogens is 1. The van der Waals surface area contributed by atoms with E-state index < -0.39 is 5.95 Å². The molecular formula is C22H20FN5O2. The molecule has 3 unspecified atom stereocenters. The number of fused-ring (bicyclic) bond motifs is 2. The number of amides is 1. The lowest BCUT2D eigenvalue weighted by Crippen LogP contribution is -2.38. The molecule has 5 heterocycles. The Hall–Kier alpha value is -3.42. The molecule has 0 saturated carbocycles. The van der Waals surface area contributed by atoms with Crippen molar-refractivity contribution in [2.45, 2.75) is 31.3 Å². The fourth-order valence-corrected chi connectivity index (χ4v) is 4.57. The summed E-state index contributed by atoms with van der Waals surface area (Å²) in [6.07, 6.45) is 7.56. The minimum Gasteiger partial charge on any atom is -0.477 e. The first-order valence-electron chi connectivity index (χ1n) is 10.0. The molecule has 5 rings (SSSR count). The molecule has 3 atom stereocenters. The molecule has 3 aromatic heterocycles. The van der Waals surface area contributed by atoms with Gasteiger partial charge >= 0.3 is 0 Å². The van der Waals surface area contributed by atoms with E-state index >= 15 is 0 Å². The number of ether oxygens (including phenoxy) is 1. The summed E-state index contributed by atoms with van der Waals surface area (Å²) in [6, 6.07) is 10.1. The summed E-state index contributed by atoms with van der Waals surface area (Å²) in [6.45, 7) is 0.493. The van der Waals surface area contributed by atoms with Gasteiger partial charge in [0.05, 0.1) is 12.2 Å². The first-order valence-corrected chi connectivity index (χ1v) is 10.0. The van der Waals surface area contributed by atoms with Gasteiger partial charge < -0.3 is 9.64 Å². The molecule has 152 valence electrons. The highest BCUT2D eigenvalue weighted by Gasteiger charge is 2.49. The highest BCUT2D eigenvalue weighted by Crippen LogP contribution is 2.43. The normalized spacial score (nSPS) is 22.3. The number of carbonyl (C=O) groups is 1. The highest BCUT2D eigenvalue weighted by molar-refractivity contribution is 5.98. The van der Waals surface area contributed by atoms with Crippen molar-refractivity contribution < 1.29 is 13.9 Å². The number of hydrogen-bond acceptors (Lipinski definition) is 6. The largest absolute Gasteiger partial charge is 0.477 e. The fourth-order valence-electron chi connectivity index (χ4n) is 4.57. The van der Waals surface area contributed by atoms with Gasteiger partial charge in [0.2, 0.25) is 11.8 Å². The Balaban J connectivity index is 1.39. The summed E-state index contributed by atoms with van der Waals surface area (Å²) in [5, 5.41) is 0. The molecule has 8 heteroatoms. The highest BCUT2D eigenvalue weighted by atomic mass is 19.1. The molecule has 0 aliphatic carbocycles. The molecule has 2 aliphatic heterocycles. The van der Waals surface area contributed by atoms with Crippen LogP contribution < -0.4 is 4.74 Å². The molecular weight excluding hydrogens is 385 g/mol. The number of nitrogens with zero attached hydrogens (tertiary/aromatic N) is 5. The monoisotopic (exact) mass is 405 g/mol. The van der Waals surface area contributed by atoms with Crippen LogP contribution in [-0.2, 0) is 0 Å². The zero-order chi connectivity index (χ0) is 20.5. The second-order valence-electron chi connectivity index (χ2n) is 7.59. The summed E-state index contributed by atoms with van der Waals surface area (Å²) in [4.78, 5) is 31.9. The van der Waals surface area contributed by atoms with Crippen LogP contribution in [0.4, 0.5) is 4.39 Å². The van der Waals surface area contributed by atoms with Gasteiger partial charge in [-0.2, -0.15) is 4.39 Å². The van der Waals surface area contributed by atoms with E-state index in [0.29, 0.717) is 23.9 Å². The zero-order valence-electron chi connectivity index (χ0n) is 16.2. The predicted molar refractivity (Wildman–Crippen MR) is 106 cm³/mol. The average Bonchev–Trinajstić information content (AvgIpc) is 3.36. The van der Waals surface area contributed by atoms with Crippen molar-refractivity contribution in [3.05, 3.63) is 66.6 Å². The molecule has 1 amide bonds. The van der Waals surface area contributed by atoms with Crippen LogP contribution in [0.2, 0.25) is 0 Å². The van der Waals surface area contributed by atoms with Crippen molar-refractivity contribution in [2.24, 2.45) is 5.92 Å². The third-order valence-corrected chi connectivity index (χ3v) is 5.85. The molecule has 3 aromatic rings. The molecule has 7 nitrogen and oxygen atoms in total. The van der Waals surface area contributed by atoms with Crippen molar-refractivity contribution in [1.82, 2.24) is 24.8 Å². The van der Waals surface area contributed by atoms with Gasteiger partial charge in [0, 0.05) is 42.7 Å². The van der Waals surface area contributed by atoms with Crippen molar-refractivity contribution in [2.75, 3.05) is 6.61 Å². The van der Waals surface area contributed by atoms with Crippen LogP contribution in [0.1, 0.15) is 29.8 Å². The van der Waals surface area contributed by atoms with Gasteiger partial charge in [-0.05, 0) is 43.5 Å². The summed E-state index contributed by atoms with van der Waals surface area (Å²) < 4.78 is 19.8. The molecule has 0 spiro atoms. The molecule has 0 aromatic carbocycles. The number of pyridine rings is 2. The first kappa shape index (κ1) is 18.6. The van der Waals surface area contributed by atoms with Crippen LogP contribution in [0.3, 0.4) is 0 Å². The Kier molecular flexibility index (Phi) is 4.82. The topological polar surface area (TPSA) is 81.1 Å². The summed E-state index contributed by atoms with van der Waals surface area (Å²) in [5.41, 5.74) is 0.499. The lowest BCUT2D eigenvalue weighted by molar-refractivity contribution is 0.0703. The fraction of sp³-hybridized carbons (Fsp3) is 0.318. The number of hydrogen-bond donors (Lipinski definition) is 0. The van der Waals surface area contributed by atoms with Gasteiger partial charge in [0.15, 0.2) is 5.82 Å². The smallest absolute Gasteiger partial charge is 0.273 e. The molecule has 30 heavy (non-hydrogen) atoms. The molecule has 2 bridgehead atoms. The van der Waals surface area contributed by atoms with Crippen LogP contribution in [0.5, 0.6) is 5.88 Å². The van der Waals surface area contributed by atoms with Gasteiger partial charge in [-0.15, -0.1) is 0 Å². The summed E-state index contributed by atoms with van der Waals surface area (Å²) in [5.74, 6) is 0.174. The van der Waals surface area contributed by atoms with Crippen molar-refractivity contribution >= 4 is 5.91 Å². The van der Waals surface area contributed by atoms with Crippen LogP contribution in [-0.4, -0.2) is 49.4 Å². The van der Waals surface area contributed by atoms with E-state index in [4.69, 9.17) is 4.74 Å². The van der Waals surface area contributed by atoms with Gasteiger partial charge in [-0.25, -0.2) is 19.9 Å². The third kappa shape index (κ3) is 3.38. The van der Waals surface area contributed by atoms with Crippen LogP contribution in [0.25, 0.3) is 11.4 Å². The molecule has 2 aliphatic rings. The Morgan fingerprint density at radius 3 is 2.70 bits per heavy atom. The lowest BCUT2D eigenvalue weighted by atomic mass is 9.90. The number of aromatic nitrogens is 4. The third-order valence-electron chi connectivity index (χ3n) is 5.85. The second kappa shape index (κ2) is 7.78. The average molecular weight is 405 g/mol. The summed E-state index contributed by atoms with van der Waals surface area (Å²) in [7, 11) is 0. The minimum atomic E-state index is -0.695. The van der Waals surface area contributed by atoms with Crippen LogP contribution in [0.15, 0.2) is 55.0 Å². The zero-order valence-corrected chi connectivity index (χ0v) is 16.2. The Morgan fingerprint density at radius 1 is 1.07 bits per heavy atom. The maximum absolute atomic E-state index is 14.0. The van der Waals surface area contributed by atoms with Gasteiger partial charge in [0.1, 0.15) is 5.69 Å². The van der Waals surface area contributed by atoms with Crippen molar-refractivity contribution in [1.29, 1.82) is 0 Å². The van der Waals surface area contributed by atoms with Crippen LogP contribution in [0, 0.1) is 11.9 Å². The molecule has 0 N–H and O–H groups in total. The van der Waals surface area contributed by atoms with E-state index in [1.165, 1.54) is 12.1 Å². The van der Waals surface area contributed by atoms with E-state index in [1.54, 1.807) is 24.7 Å². The second-order valence-corrected chi connectivity index (χ2v) is 7.59. The SMILES string of the molecule is O=C(c1nc(F)ccc1-c1ncccn1)N1C2CCC1C(COc1ccccn1)C2. The molecule has 2 fully saturated rings. The quantitative estimate of drug-likeness (QED) is 0.607. The van der Waals surface area contributed by atoms with Crippen LogP contribution >= 0.6 is 0 Å². The van der Waals surface area contributed by atoms with E-state index in [1.807, 2.05) is 23.1 Å². The molecule has 0 radical (unpaired) electrons. The molecule has 2 saturated heterocycles. The minimum absolute atomic E-state index is 0.0424. The van der Waals surface area contributed by atoms with Gasteiger partial charge in [-0.3, -0.25) is 4.79 Å². The Bertz CT molecular complexity index is 1050. The number of carbonyl (C=O) groups excluding carboxylic acids is 1. The summed E-state index contributed by atoms with van der Waals surface area (Å²) >= 11 is 0. The van der Waals surface area contributed by atoms with E-state index in [0.717, 1.165) is 19.3 Å². The van der Waals surface area contributed by atoms with Gasteiger partial charge in [-0.1, -0.05) is 6.07 Å².